The van der Waals surface area contributed by atoms with Crippen LogP contribution in [0.2, 0.25) is 0 Å². The third-order valence-electron chi connectivity index (χ3n) is 3.35. The van der Waals surface area contributed by atoms with Crippen molar-refractivity contribution < 1.29 is 122 Å². The van der Waals surface area contributed by atoms with Crippen LogP contribution in [0.15, 0.2) is 0 Å². The molecule has 0 bridgehead atoms. The molecule has 0 heterocycles. The SMILES string of the molecule is F[C-](F)C(F)(F)C(F)(F)C(F)(F)C(F)(F)C(F)(F)C(F)(F)C(F)(F)C(F)(F)C(F)(F)F.[Na+]. The quantitative estimate of drug-likeness (QED) is 0.247. The van der Waals surface area contributed by atoms with Crippen molar-refractivity contribution in [2.24, 2.45) is 0 Å². The van der Waals surface area contributed by atoms with Gasteiger partial charge in [-0.05, 0) is 0 Å². The van der Waals surface area contributed by atoms with E-state index < -0.39 is 60.0 Å². The number of alkyl halides is 19. The van der Waals surface area contributed by atoms with Gasteiger partial charge >= 0.3 is 77.2 Å². The van der Waals surface area contributed by atoms with Crippen molar-refractivity contribution in [3.8, 4) is 0 Å². The van der Waals surface area contributed by atoms with Gasteiger partial charge in [0.25, 0.3) is 5.92 Å². The molecule has 0 aliphatic heterocycles. The van der Waals surface area contributed by atoms with Gasteiger partial charge in [0.05, 0.1) is 6.43 Å². The molecule has 22 heteroatoms. The van der Waals surface area contributed by atoms with E-state index in [1.54, 1.807) is 0 Å². The first-order valence-corrected chi connectivity index (χ1v) is 6.22. The fourth-order valence-corrected chi connectivity index (χ4v) is 1.48. The van der Waals surface area contributed by atoms with E-state index in [1.807, 2.05) is 0 Å². The van der Waals surface area contributed by atoms with Crippen LogP contribution in [0.25, 0.3) is 0 Å². The fourth-order valence-electron chi connectivity index (χ4n) is 1.48. The molecular formula is C10F21Na. The molecule has 0 spiro atoms. The molecule has 0 N–H and O–H groups in total. The Labute approximate surface area is 182 Å². The Hall–Kier alpha value is -0.470. The topological polar surface area (TPSA) is 0 Å². The van der Waals surface area contributed by atoms with Gasteiger partial charge in [-0.15, -0.1) is 0 Å². The molecule has 0 fully saturated rings. The molecule has 0 saturated heterocycles. The van der Waals surface area contributed by atoms with Crippen molar-refractivity contribution in [1.82, 2.24) is 0 Å². The Balaban J connectivity index is 0. The predicted molar refractivity (Wildman–Crippen MR) is 51.1 cm³/mol. The molecule has 0 nitrogen and oxygen atoms in total. The van der Waals surface area contributed by atoms with E-state index in [2.05, 4.69) is 0 Å². The maximum absolute atomic E-state index is 13.1. The molecular weight excluding hydrogens is 542 g/mol. The van der Waals surface area contributed by atoms with E-state index in [0.717, 1.165) is 0 Å². The van der Waals surface area contributed by atoms with Gasteiger partial charge in [-0.2, -0.15) is 74.6 Å². The minimum Gasteiger partial charge on any atom is -0.415 e. The summed E-state index contributed by atoms with van der Waals surface area (Å²) in [5, 5.41) is 0. The first kappa shape index (κ1) is 33.7. The summed E-state index contributed by atoms with van der Waals surface area (Å²) in [5.74, 6) is -69.7. The standard InChI is InChI=1S/C10F21.Na/c11-1(12)2(13,14)3(15,16)4(17,18)5(19,20)6(21,22)7(23,24)8(25,26)9(27,28)10(29,30)31;/q-1;+1. The van der Waals surface area contributed by atoms with E-state index in [9.17, 15) is 92.2 Å². The smallest absolute Gasteiger partial charge is 0.415 e. The van der Waals surface area contributed by atoms with Crippen LogP contribution in [0.4, 0.5) is 92.2 Å². The second kappa shape index (κ2) is 8.33. The van der Waals surface area contributed by atoms with E-state index in [1.165, 1.54) is 0 Å². The van der Waals surface area contributed by atoms with Crippen LogP contribution in [0.1, 0.15) is 0 Å². The van der Waals surface area contributed by atoms with Crippen LogP contribution in [-0.4, -0.2) is 53.6 Å². The van der Waals surface area contributed by atoms with Crippen LogP contribution in [0.5, 0.6) is 0 Å². The van der Waals surface area contributed by atoms with Crippen molar-refractivity contribution in [1.29, 1.82) is 0 Å². The van der Waals surface area contributed by atoms with Gasteiger partial charge in [-0.3, -0.25) is 0 Å². The first-order valence-electron chi connectivity index (χ1n) is 6.22. The van der Waals surface area contributed by atoms with Crippen molar-refractivity contribution in [2.75, 3.05) is 0 Å². The molecule has 0 atom stereocenters. The van der Waals surface area contributed by atoms with Gasteiger partial charge < -0.3 is 8.78 Å². The van der Waals surface area contributed by atoms with Gasteiger partial charge in [0, 0.05) is 0 Å². The summed E-state index contributed by atoms with van der Waals surface area (Å²) >= 11 is 0. The minimum atomic E-state index is -9.12. The maximum atomic E-state index is 13.1. The second-order valence-corrected chi connectivity index (χ2v) is 5.35. The number of hydrogen-bond donors (Lipinski definition) is 0. The van der Waals surface area contributed by atoms with Crippen LogP contribution in [0, 0.1) is 6.43 Å². The summed E-state index contributed by atoms with van der Waals surface area (Å²) in [4.78, 5) is 0. The van der Waals surface area contributed by atoms with Gasteiger partial charge in [-0.1, -0.05) is 0 Å². The van der Waals surface area contributed by atoms with E-state index in [0.29, 0.717) is 0 Å². The van der Waals surface area contributed by atoms with Crippen LogP contribution in [-0.2, 0) is 0 Å². The molecule has 188 valence electrons. The summed E-state index contributed by atoms with van der Waals surface area (Å²) in [6, 6.07) is 0. The van der Waals surface area contributed by atoms with Crippen molar-refractivity contribution >= 4 is 0 Å². The molecule has 0 aliphatic rings. The molecule has 0 aromatic heterocycles. The molecule has 0 aromatic carbocycles. The molecule has 0 rings (SSSR count). The third-order valence-corrected chi connectivity index (χ3v) is 3.35. The molecule has 0 saturated carbocycles. The maximum Gasteiger partial charge on any atom is 1.00 e. The average molecular weight is 542 g/mol. The minimum absolute atomic E-state index is 0. The Morgan fingerprint density at radius 3 is 0.688 bits per heavy atom. The van der Waals surface area contributed by atoms with E-state index in [-0.39, 0.29) is 29.6 Å². The molecule has 0 unspecified atom stereocenters. The van der Waals surface area contributed by atoms with Crippen molar-refractivity contribution in [2.45, 2.75) is 53.6 Å². The predicted octanol–water partition coefficient (Wildman–Crippen LogP) is 4.06. The van der Waals surface area contributed by atoms with Gasteiger partial charge in [0.1, 0.15) is 0 Å². The summed E-state index contributed by atoms with van der Waals surface area (Å²) in [7, 11) is 0. The Bertz CT molecular complexity index is 656. The molecule has 0 aliphatic carbocycles. The normalized spacial score (nSPS) is 16.3. The Kier molecular flexibility index (Phi) is 8.77. The van der Waals surface area contributed by atoms with Gasteiger partial charge in [0.15, 0.2) is 0 Å². The molecule has 32 heavy (non-hydrogen) atoms. The number of rotatable bonds is 8. The summed E-state index contributed by atoms with van der Waals surface area (Å²) in [6.45, 7) is 0. The largest absolute Gasteiger partial charge is 1.00 e. The summed E-state index contributed by atoms with van der Waals surface area (Å²) in [5.41, 5.74) is 0. The summed E-state index contributed by atoms with van der Waals surface area (Å²) in [6.07, 6.45) is -13.2. The molecule has 0 amide bonds. The Morgan fingerprint density at radius 2 is 0.500 bits per heavy atom. The summed E-state index contributed by atoms with van der Waals surface area (Å²) < 4.78 is 264. The zero-order valence-corrected chi connectivity index (χ0v) is 15.9. The molecule has 0 aromatic rings. The average Bonchev–Trinajstić information content (AvgIpc) is 2.52. The van der Waals surface area contributed by atoms with E-state index in [4.69, 9.17) is 0 Å². The number of halogens is 21. The zero-order chi connectivity index (χ0) is 26.1. The van der Waals surface area contributed by atoms with Crippen LogP contribution in [0.3, 0.4) is 0 Å². The van der Waals surface area contributed by atoms with Crippen molar-refractivity contribution in [3.05, 3.63) is 6.43 Å². The van der Waals surface area contributed by atoms with Gasteiger partial charge in [0.2, 0.25) is 0 Å². The van der Waals surface area contributed by atoms with Crippen molar-refractivity contribution in [3.63, 3.8) is 0 Å². The first-order chi connectivity index (χ1) is 12.9. The number of hydrogen-bond acceptors (Lipinski definition) is 0. The Morgan fingerprint density at radius 1 is 0.312 bits per heavy atom. The third kappa shape index (κ3) is 4.00. The van der Waals surface area contributed by atoms with Gasteiger partial charge in [-0.25, -0.2) is 8.78 Å². The fraction of sp³-hybridized carbons (Fsp3) is 0.900. The monoisotopic (exact) mass is 542 g/mol. The molecule has 0 radical (unpaired) electrons. The second-order valence-electron chi connectivity index (χ2n) is 5.35. The zero-order valence-electron chi connectivity index (χ0n) is 13.9. The van der Waals surface area contributed by atoms with Crippen LogP contribution < -0.4 is 29.6 Å². The van der Waals surface area contributed by atoms with Crippen LogP contribution >= 0.6 is 0 Å². The van der Waals surface area contributed by atoms with E-state index >= 15 is 0 Å².